The van der Waals surface area contributed by atoms with Gasteiger partial charge in [-0.05, 0) is 19.8 Å². The van der Waals surface area contributed by atoms with Gasteiger partial charge in [-0.1, -0.05) is 19.3 Å². The van der Waals surface area contributed by atoms with Gasteiger partial charge in [0.05, 0.1) is 0 Å². The Morgan fingerprint density at radius 3 is 2.50 bits per heavy atom. The van der Waals surface area contributed by atoms with Gasteiger partial charge in [-0.2, -0.15) is 0 Å². The van der Waals surface area contributed by atoms with Crippen molar-refractivity contribution in [2.24, 2.45) is 0 Å². The molecule has 1 saturated carbocycles. The molecule has 3 heteroatoms. The maximum absolute atomic E-state index is 10.5. The lowest BCUT2D eigenvalue weighted by molar-refractivity contribution is -0.139. The molecule has 0 spiro atoms. The topological polar surface area (TPSA) is 49.3 Å². The number of rotatable bonds is 3. The smallest absolute Gasteiger partial charge is 0.320 e. The molecule has 0 radical (unpaired) electrons. The number of hydrogen-bond acceptors (Lipinski definition) is 2. The van der Waals surface area contributed by atoms with Crippen LogP contribution in [0.3, 0.4) is 0 Å². The van der Waals surface area contributed by atoms with Crippen molar-refractivity contribution < 1.29 is 9.90 Å². The minimum absolute atomic E-state index is 0.395. The molecule has 70 valence electrons. The highest BCUT2D eigenvalue weighted by molar-refractivity contribution is 5.72. The molecule has 2 N–H and O–H groups in total. The van der Waals surface area contributed by atoms with Crippen LogP contribution in [0.25, 0.3) is 0 Å². The van der Waals surface area contributed by atoms with Crippen LogP contribution in [-0.4, -0.2) is 23.2 Å². The van der Waals surface area contributed by atoms with E-state index in [0.29, 0.717) is 6.04 Å². The zero-order chi connectivity index (χ0) is 8.97. The summed E-state index contributed by atoms with van der Waals surface area (Å²) in [7, 11) is 0. The number of hydrogen-bond donors (Lipinski definition) is 2. The maximum atomic E-state index is 10.5. The fourth-order valence-corrected chi connectivity index (χ4v) is 1.69. The molecule has 1 aliphatic carbocycles. The Hall–Kier alpha value is -0.570. The van der Waals surface area contributed by atoms with Crippen molar-refractivity contribution in [3.8, 4) is 0 Å². The van der Waals surface area contributed by atoms with Crippen molar-refractivity contribution in [3.05, 3.63) is 0 Å². The Morgan fingerprint density at radius 2 is 2.00 bits per heavy atom. The van der Waals surface area contributed by atoms with E-state index in [2.05, 4.69) is 5.32 Å². The van der Waals surface area contributed by atoms with Gasteiger partial charge in [0.25, 0.3) is 0 Å². The van der Waals surface area contributed by atoms with Crippen LogP contribution >= 0.6 is 0 Å². The van der Waals surface area contributed by atoms with E-state index >= 15 is 0 Å². The fourth-order valence-electron chi connectivity index (χ4n) is 1.69. The average molecular weight is 171 g/mol. The summed E-state index contributed by atoms with van der Waals surface area (Å²) in [5, 5.41) is 11.8. The first kappa shape index (κ1) is 9.52. The number of nitrogens with one attached hydrogen (secondary N) is 1. The van der Waals surface area contributed by atoms with Crippen molar-refractivity contribution in [3.63, 3.8) is 0 Å². The summed E-state index contributed by atoms with van der Waals surface area (Å²) in [6.45, 7) is 1.71. The highest BCUT2D eigenvalue weighted by Gasteiger charge is 2.18. The van der Waals surface area contributed by atoms with E-state index in [4.69, 9.17) is 5.11 Å². The number of carbonyl (C=O) groups is 1. The Labute approximate surface area is 73.2 Å². The molecule has 0 bridgehead atoms. The lowest BCUT2D eigenvalue weighted by Crippen LogP contribution is -2.42. The minimum atomic E-state index is -0.749. The van der Waals surface area contributed by atoms with Crippen LogP contribution in [0.1, 0.15) is 39.0 Å². The Bertz CT molecular complexity index is 153. The molecule has 0 amide bonds. The monoisotopic (exact) mass is 171 g/mol. The first-order valence-corrected chi connectivity index (χ1v) is 4.69. The third-order valence-electron chi connectivity index (χ3n) is 2.46. The van der Waals surface area contributed by atoms with Crippen LogP contribution in [-0.2, 0) is 4.79 Å². The van der Waals surface area contributed by atoms with E-state index in [9.17, 15) is 4.79 Å². The molecule has 1 aliphatic rings. The van der Waals surface area contributed by atoms with E-state index < -0.39 is 12.0 Å². The SMILES string of the molecule is C[C@@H](NC1CCCCC1)C(=O)O. The normalized spacial score (nSPS) is 22.1. The summed E-state index contributed by atoms with van der Waals surface area (Å²) in [5.74, 6) is -0.749. The second kappa shape index (κ2) is 4.45. The minimum Gasteiger partial charge on any atom is -0.480 e. The van der Waals surface area contributed by atoms with Crippen molar-refractivity contribution >= 4 is 5.97 Å². The summed E-state index contributed by atoms with van der Waals surface area (Å²) in [5.41, 5.74) is 0. The number of aliphatic carboxylic acids is 1. The summed E-state index contributed by atoms with van der Waals surface area (Å²) in [6, 6.07) is 0.0398. The van der Waals surface area contributed by atoms with Crippen LogP contribution in [0.5, 0.6) is 0 Å². The van der Waals surface area contributed by atoms with Crippen molar-refractivity contribution in [2.45, 2.75) is 51.1 Å². The van der Waals surface area contributed by atoms with Crippen molar-refractivity contribution in [1.82, 2.24) is 5.32 Å². The third kappa shape index (κ3) is 2.81. The van der Waals surface area contributed by atoms with Gasteiger partial charge in [-0.3, -0.25) is 4.79 Å². The molecule has 1 rings (SSSR count). The molecule has 0 saturated heterocycles. The molecule has 0 heterocycles. The highest BCUT2D eigenvalue weighted by Crippen LogP contribution is 2.17. The van der Waals surface area contributed by atoms with E-state index in [-0.39, 0.29) is 0 Å². The lowest BCUT2D eigenvalue weighted by Gasteiger charge is -2.24. The molecule has 1 atom stereocenters. The first-order valence-electron chi connectivity index (χ1n) is 4.69. The first-order chi connectivity index (χ1) is 5.70. The van der Waals surface area contributed by atoms with Gasteiger partial charge in [0.1, 0.15) is 6.04 Å². The van der Waals surface area contributed by atoms with Crippen molar-refractivity contribution in [2.75, 3.05) is 0 Å². The second-order valence-corrected chi connectivity index (χ2v) is 3.56. The molecule has 0 aromatic heterocycles. The molecule has 1 fully saturated rings. The zero-order valence-electron chi connectivity index (χ0n) is 7.55. The second-order valence-electron chi connectivity index (χ2n) is 3.56. The van der Waals surface area contributed by atoms with Gasteiger partial charge in [-0.15, -0.1) is 0 Å². The van der Waals surface area contributed by atoms with E-state index in [1.807, 2.05) is 0 Å². The van der Waals surface area contributed by atoms with E-state index in [1.165, 1.54) is 19.3 Å². The molecule has 3 nitrogen and oxygen atoms in total. The van der Waals surface area contributed by atoms with Crippen LogP contribution in [0.15, 0.2) is 0 Å². The quantitative estimate of drug-likeness (QED) is 0.674. The largest absolute Gasteiger partial charge is 0.480 e. The predicted octanol–water partition coefficient (Wildman–Crippen LogP) is 1.38. The molecule has 12 heavy (non-hydrogen) atoms. The summed E-state index contributed by atoms with van der Waals surface area (Å²) in [4.78, 5) is 10.5. The predicted molar refractivity (Wildman–Crippen MR) is 47.1 cm³/mol. The molecule has 0 aromatic rings. The van der Waals surface area contributed by atoms with E-state index in [1.54, 1.807) is 6.92 Å². The van der Waals surface area contributed by atoms with Gasteiger partial charge < -0.3 is 10.4 Å². The summed E-state index contributed by atoms with van der Waals surface area (Å²) >= 11 is 0. The fraction of sp³-hybridized carbons (Fsp3) is 0.889. The van der Waals surface area contributed by atoms with Crippen LogP contribution < -0.4 is 5.32 Å². The molecular weight excluding hydrogens is 154 g/mol. The maximum Gasteiger partial charge on any atom is 0.320 e. The number of carboxylic acids is 1. The Balaban J connectivity index is 2.24. The molecule has 0 aromatic carbocycles. The molecule has 0 aliphatic heterocycles. The van der Waals surface area contributed by atoms with Crippen LogP contribution in [0.2, 0.25) is 0 Å². The Kier molecular flexibility index (Phi) is 3.53. The highest BCUT2D eigenvalue weighted by atomic mass is 16.4. The molecular formula is C9H17NO2. The lowest BCUT2D eigenvalue weighted by atomic mass is 9.95. The van der Waals surface area contributed by atoms with Gasteiger partial charge >= 0.3 is 5.97 Å². The Morgan fingerprint density at radius 1 is 1.42 bits per heavy atom. The average Bonchev–Trinajstić information content (AvgIpc) is 2.06. The molecule has 0 unspecified atom stereocenters. The van der Waals surface area contributed by atoms with Crippen molar-refractivity contribution in [1.29, 1.82) is 0 Å². The van der Waals surface area contributed by atoms with Gasteiger partial charge in [-0.25, -0.2) is 0 Å². The van der Waals surface area contributed by atoms with E-state index in [0.717, 1.165) is 12.8 Å². The van der Waals surface area contributed by atoms with Gasteiger partial charge in [0.15, 0.2) is 0 Å². The summed E-state index contributed by atoms with van der Waals surface area (Å²) in [6.07, 6.45) is 6.06. The van der Waals surface area contributed by atoms with Crippen LogP contribution in [0, 0.1) is 0 Å². The standard InChI is InChI=1S/C9H17NO2/c1-7(9(11)12)10-8-5-3-2-4-6-8/h7-8,10H,2-6H2,1H3,(H,11,12)/t7-/m1/s1. The van der Waals surface area contributed by atoms with Crippen LogP contribution in [0.4, 0.5) is 0 Å². The third-order valence-corrected chi connectivity index (χ3v) is 2.46. The zero-order valence-corrected chi connectivity index (χ0v) is 7.55. The number of carboxylic acid groups (broad SMARTS) is 1. The summed E-state index contributed by atoms with van der Waals surface area (Å²) < 4.78 is 0. The van der Waals surface area contributed by atoms with Gasteiger partial charge in [0, 0.05) is 6.04 Å². The van der Waals surface area contributed by atoms with Gasteiger partial charge in [0.2, 0.25) is 0 Å².